The summed E-state index contributed by atoms with van der Waals surface area (Å²) in [6.07, 6.45) is -2.29. The summed E-state index contributed by atoms with van der Waals surface area (Å²) in [5.41, 5.74) is 0. The summed E-state index contributed by atoms with van der Waals surface area (Å²) in [6.45, 7) is 3.38. The Morgan fingerprint density at radius 2 is 2.04 bits per heavy atom. The van der Waals surface area contributed by atoms with Gasteiger partial charge in [0.05, 0.1) is 12.3 Å². The Kier molecular flexibility index (Phi) is 6.01. The van der Waals surface area contributed by atoms with Gasteiger partial charge in [0.25, 0.3) is 5.91 Å². The largest absolute Gasteiger partial charge is 0.490 e. The van der Waals surface area contributed by atoms with Gasteiger partial charge >= 0.3 is 12.1 Å². The first-order valence-corrected chi connectivity index (χ1v) is 7.49. The lowest BCUT2D eigenvalue weighted by Gasteiger charge is -2.36. The molecule has 0 bridgehead atoms. The van der Waals surface area contributed by atoms with E-state index in [1.165, 1.54) is 6.20 Å². The van der Waals surface area contributed by atoms with E-state index in [1.54, 1.807) is 13.2 Å². The number of carbonyl (C=O) groups excluding carboxylic acids is 1. The lowest BCUT2D eigenvalue weighted by atomic mass is 10.1. The number of alkyl halides is 3. The van der Waals surface area contributed by atoms with Gasteiger partial charge in [-0.2, -0.15) is 13.2 Å². The number of carboxylic acids is 1. The topological polar surface area (TPSA) is 96.1 Å². The van der Waals surface area contributed by atoms with Crippen molar-refractivity contribution in [3.8, 4) is 0 Å². The van der Waals surface area contributed by atoms with Crippen LogP contribution in [0, 0.1) is 0 Å². The molecule has 11 heteroatoms. The first kappa shape index (κ1) is 19.2. The van der Waals surface area contributed by atoms with Crippen molar-refractivity contribution in [1.82, 2.24) is 15.0 Å². The van der Waals surface area contributed by atoms with Crippen molar-refractivity contribution in [1.29, 1.82) is 0 Å². The minimum absolute atomic E-state index is 0.0620. The van der Waals surface area contributed by atoms with E-state index in [-0.39, 0.29) is 5.91 Å². The van der Waals surface area contributed by atoms with Crippen molar-refractivity contribution < 1.29 is 37.1 Å². The molecule has 0 spiro atoms. The van der Waals surface area contributed by atoms with Crippen molar-refractivity contribution in [2.45, 2.75) is 24.7 Å². The molecule has 3 heterocycles. The molecule has 0 saturated carbocycles. The number of hydrogen-bond acceptors (Lipinski definition) is 6. The Bertz CT molecular complexity index is 593. The number of nitrogens with zero attached hydrogens (tertiary/aromatic N) is 3. The number of carboxylic acid groups (broad SMARTS) is 1. The lowest BCUT2D eigenvalue weighted by Crippen LogP contribution is -2.52. The van der Waals surface area contributed by atoms with Crippen LogP contribution in [0.2, 0.25) is 0 Å². The number of rotatable bonds is 2. The lowest BCUT2D eigenvalue weighted by molar-refractivity contribution is -0.192. The minimum Gasteiger partial charge on any atom is -0.475 e. The normalized spacial score (nSPS) is 23.6. The third kappa shape index (κ3) is 4.92. The van der Waals surface area contributed by atoms with Crippen molar-refractivity contribution in [2.75, 3.05) is 33.3 Å². The Balaban J connectivity index is 0.000000277. The van der Waals surface area contributed by atoms with Crippen molar-refractivity contribution in [2.24, 2.45) is 0 Å². The fourth-order valence-electron chi connectivity index (χ4n) is 2.83. The molecular weight excluding hydrogens is 347 g/mol. The van der Waals surface area contributed by atoms with Crippen molar-refractivity contribution in [3.05, 3.63) is 18.0 Å². The van der Waals surface area contributed by atoms with Gasteiger partial charge in [-0.15, -0.1) is 0 Å². The number of piperazine rings is 1. The summed E-state index contributed by atoms with van der Waals surface area (Å²) < 4.78 is 42.1. The van der Waals surface area contributed by atoms with Crippen LogP contribution in [0.3, 0.4) is 0 Å². The number of carbonyl (C=O) groups is 2. The predicted octanol–water partition coefficient (Wildman–Crippen LogP) is 0.853. The average Bonchev–Trinajstić information content (AvgIpc) is 3.22. The molecular formula is C14H18F3N3O5. The summed E-state index contributed by atoms with van der Waals surface area (Å²) in [4.78, 5) is 25.3. The van der Waals surface area contributed by atoms with Gasteiger partial charge in [0, 0.05) is 45.4 Å². The molecule has 1 amide bonds. The number of aliphatic carboxylic acids is 1. The van der Waals surface area contributed by atoms with Gasteiger partial charge in [-0.3, -0.25) is 9.69 Å². The van der Waals surface area contributed by atoms with Gasteiger partial charge in [0.15, 0.2) is 0 Å². The second-order valence-corrected chi connectivity index (χ2v) is 5.67. The highest BCUT2D eigenvalue weighted by Crippen LogP contribution is 2.24. The molecule has 3 rings (SSSR count). The van der Waals surface area contributed by atoms with E-state index < -0.39 is 12.1 Å². The van der Waals surface area contributed by atoms with Gasteiger partial charge in [-0.05, 0) is 6.42 Å². The molecule has 25 heavy (non-hydrogen) atoms. The SMILES string of the molecule is CO[C@@H]1C[C@H]2CN(C(=O)c3ccno3)CCN2C1.O=C(O)C(F)(F)F. The van der Waals surface area contributed by atoms with Crippen LogP contribution in [0.1, 0.15) is 17.0 Å². The zero-order chi connectivity index (χ0) is 18.6. The summed E-state index contributed by atoms with van der Waals surface area (Å²) >= 11 is 0. The molecule has 2 saturated heterocycles. The van der Waals surface area contributed by atoms with Crippen LogP contribution >= 0.6 is 0 Å². The van der Waals surface area contributed by atoms with E-state index in [0.717, 1.165) is 32.6 Å². The molecule has 0 unspecified atom stereocenters. The Morgan fingerprint density at radius 3 is 2.56 bits per heavy atom. The van der Waals surface area contributed by atoms with Crippen LogP contribution in [-0.2, 0) is 9.53 Å². The molecule has 0 radical (unpaired) electrons. The first-order chi connectivity index (χ1) is 11.7. The summed E-state index contributed by atoms with van der Waals surface area (Å²) in [5, 5.41) is 10.7. The number of methoxy groups -OCH3 is 1. The summed E-state index contributed by atoms with van der Waals surface area (Å²) in [7, 11) is 1.75. The summed E-state index contributed by atoms with van der Waals surface area (Å²) in [5.74, 6) is -2.50. The van der Waals surface area contributed by atoms with Crippen LogP contribution in [0.15, 0.2) is 16.8 Å². The van der Waals surface area contributed by atoms with E-state index >= 15 is 0 Å². The fraction of sp³-hybridized carbons (Fsp3) is 0.643. The van der Waals surface area contributed by atoms with Crippen LogP contribution in [-0.4, -0.2) is 83.6 Å². The predicted molar refractivity (Wildman–Crippen MR) is 76.9 cm³/mol. The van der Waals surface area contributed by atoms with Gasteiger partial charge in [0.1, 0.15) is 0 Å². The van der Waals surface area contributed by atoms with E-state index in [0.29, 0.717) is 17.9 Å². The maximum atomic E-state index is 12.1. The highest BCUT2D eigenvalue weighted by atomic mass is 19.4. The number of hydrogen-bond donors (Lipinski definition) is 1. The molecule has 2 aliphatic heterocycles. The molecule has 1 aromatic heterocycles. The molecule has 2 atom stereocenters. The molecule has 1 N–H and O–H groups in total. The highest BCUT2D eigenvalue weighted by Gasteiger charge is 2.39. The number of amides is 1. The number of halogens is 3. The zero-order valence-corrected chi connectivity index (χ0v) is 13.4. The Hall–Kier alpha value is -2.14. The second kappa shape index (κ2) is 7.83. The zero-order valence-electron chi connectivity index (χ0n) is 13.4. The first-order valence-electron chi connectivity index (χ1n) is 7.49. The average molecular weight is 365 g/mol. The maximum absolute atomic E-state index is 12.1. The standard InChI is InChI=1S/C12H17N3O3.C2HF3O2/c1-17-10-6-9-7-15(5-4-14(9)8-10)12(16)11-2-3-13-18-11;3-2(4,5)1(6)7/h2-3,9-10H,4-8H2,1H3;(H,6,7)/t9-,10+;/m0./s1. The smallest absolute Gasteiger partial charge is 0.475 e. The van der Waals surface area contributed by atoms with E-state index in [1.807, 2.05) is 4.90 Å². The molecule has 1 aromatic rings. The molecule has 0 aromatic carbocycles. The maximum Gasteiger partial charge on any atom is 0.490 e. The molecule has 8 nitrogen and oxygen atoms in total. The third-order valence-electron chi connectivity index (χ3n) is 4.09. The third-order valence-corrected chi connectivity index (χ3v) is 4.09. The Labute approximate surface area is 141 Å². The van der Waals surface area contributed by atoms with E-state index in [4.69, 9.17) is 19.2 Å². The van der Waals surface area contributed by atoms with Crippen LogP contribution < -0.4 is 0 Å². The molecule has 140 valence electrons. The van der Waals surface area contributed by atoms with Crippen LogP contribution in [0.4, 0.5) is 13.2 Å². The van der Waals surface area contributed by atoms with Crippen LogP contribution in [0.25, 0.3) is 0 Å². The van der Waals surface area contributed by atoms with Crippen molar-refractivity contribution in [3.63, 3.8) is 0 Å². The Morgan fingerprint density at radius 1 is 1.36 bits per heavy atom. The van der Waals surface area contributed by atoms with Gasteiger partial charge < -0.3 is 19.3 Å². The number of fused-ring (bicyclic) bond motifs is 1. The number of aromatic nitrogens is 1. The summed E-state index contributed by atoms with van der Waals surface area (Å²) in [6, 6.07) is 2.02. The van der Waals surface area contributed by atoms with E-state index in [9.17, 15) is 18.0 Å². The van der Waals surface area contributed by atoms with E-state index in [2.05, 4.69) is 10.1 Å². The van der Waals surface area contributed by atoms with Gasteiger partial charge in [-0.1, -0.05) is 5.16 Å². The minimum atomic E-state index is -5.08. The second-order valence-electron chi connectivity index (χ2n) is 5.67. The number of ether oxygens (including phenoxy) is 1. The fourth-order valence-corrected chi connectivity index (χ4v) is 2.83. The van der Waals surface area contributed by atoms with Crippen LogP contribution in [0.5, 0.6) is 0 Å². The van der Waals surface area contributed by atoms with Gasteiger partial charge in [0.2, 0.25) is 5.76 Å². The quantitative estimate of drug-likeness (QED) is 0.830. The van der Waals surface area contributed by atoms with Gasteiger partial charge in [-0.25, -0.2) is 4.79 Å². The molecule has 2 aliphatic rings. The van der Waals surface area contributed by atoms with Crippen molar-refractivity contribution >= 4 is 11.9 Å². The molecule has 2 fully saturated rings. The highest BCUT2D eigenvalue weighted by molar-refractivity contribution is 5.91. The monoisotopic (exact) mass is 365 g/mol. The molecule has 0 aliphatic carbocycles.